The van der Waals surface area contributed by atoms with E-state index in [1.54, 1.807) is 19.5 Å². The molecule has 0 unspecified atom stereocenters. The van der Waals surface area contributed by atoms with E-state index in [1.165, 1.54) is 0 Å². The number of rotatable bonds is 3. The minimum atomic E-state index is 0.222. The van der Waals surface area contributed by atoms with Crippen molar-refractivity contribution in [2.45, 2.75) is 26.7 Å². The van der Waals surface area contributed by atoms with E-state index in [1.807, 2.05) is 26.8 Å². The topological polar surface area (TPSA) is 73.9 Å². The molecule has 2 N–H and O–H groups in total. The highest BCUT2D eigenvalue weighted by Crippen LogP contribution is 2.27. The molecule has 0 saturated carbocycles. The maximum atomic E-state index is 5.96. The number of hydrogen-bond donors (Lipinski definition) is 1. The minimum Gasteiger partial charge on any atom is -0.495 e. The molecule has 0 atom stereocenters. The molecule has 0 aliphatic heterocycles. The zero-order valence-corrected chi connectivity index (χ0v) is 11.6. The normalized spacial score (nSPS) is 10.8. The Bertz CT molecular complexity index is 596. The molecule has 0 bridgehead atoms. The molecule has 0 aliphatic carbocycles. The van der Waals surface area contributed by atoms with Gasteiger partial charge in [-0.3, -0.25) is 4.98 Å². The highest BCUT2D eigenvalue weighted by Gasteiger charge is 2.13. The lowest BCUT2D eigenvalue weighted by atomic mass is 10.1. The second-order valence-electron chi connectivity index (χ2n) is 4.71. The van der Waals surface area contributed by atoms with Gasteiger partial charge in [0.15, 0.2) is 0 Å². The number of nitrogens with two attached hydrogens (primary N) is 1. The van der Waals surface area contributed by atoms with Crippen molar-refractivity contribution in [1.82, 2.24) is 15.0 Å². The Labute approximate surface area is 112 Å². The third-order valence-corrected chi connectivity index (χ3v) is 2.94. The highest BCUT2D eigenvalue weighted by molar-refractivity contribution is 5.67. The fourth-order valence-electron chi connectivity index (χ4n) is 1.75. The third-order valence-electron chi connectivity index (χ3n) is 2.94. The Balaban J connectivity index is 2.60. The summed E-state index contributed by atoms with van der Waals surface area (Å²) in [6.07, 6.45) is 3.41. The van der Waals surface area contributed by atoms with Crippen LogP contribution in [0.25, 0.3) is 11.3 Å². The molecular weight excluding hydrogens is 240 g/mol. The molecule has 2 heterocycles. The van der Waals surface area contributed by atoms with Crippen molar-refractivity contribution >= 4 is 5.82 Å². The predicted molar refractivity (Wildman–Crippen MR) is 75.1 cm³/mol. The number of nitrogens with zero attached hydrogens (tertiary/aromatic N) is 3. The summed E-state index contributed by atoms with van der Waals surface area (Å²) in [4.78, 5) is 13.1. The Hall–Kier alpha value is -2.17. The van der Waals surface area contributed by atoms with Crippen molar-refractivity contribution < 1.29 is 4.74 Å². The second kappa shape index (κ2) is 5.22. The predicted octanol–water partition coefficient (Wildman–Crippen LogP) is 2.56. The Morgan fingerprint density at radius 2 is 1.95 bits per heavy atom. The number of hydrogen-bond acceptors (Lipinski definition) is 5. The van der Waals surface area contributed by atoms with Crippen molar-refractivity contribution in [3.63, 3.8) is 0 Å². The highest BCUT2D eigenvalue weighted by atomic mass is 16.5. The zero-order chi connectivity index (χ0) is 14.0. The van der Waals surface area contributed by atoms with Crippen LogP contribution in [0.15, 0.2) is 18.5 Å². The van der Waals surface area contributed by atoms with Crippen molar-refractivity contribution in [3.05, 3.63) is 29.8 Å². The van der Waals surface area contributed by atoms with E-state index in [0.717, 1.165) is 22.6 Å². The zero-order valence-electron chi connectivity index (χ0n) is 11.6. The van der Waals surface area contributed by atoms with Crippen molar-refractivity contribution in [2.24, 2.45) is 0 Å². The van der Waals surface area contributed by atoms with Gasteiger partial charge in [-0.25, -0.2) is 9.97 Å². The SMILES string of the molecule is COc1cncc(-c2nc(C(C)C)nc(N)c2C)c1. The van der Waals surface area contributed by atoms with Gasteiger partial charge in [0.1, 0.15) is 17.4 Å². The van der Waals surface area contributed by atoms with Gasteiger partial charge in [0.25, 0.3) is 0 Å². The van der Waals surface area contributed by atoms with E-state index in [4.69, 9.17) is 10.5 Å². The van der Waals surface area contributed by atoms with E-state index in [2.05, 4.69) is 15.0 Å². The van der Waals surface area contributed by atoms with E-state index in [0.29, 0.717) is 11.6 Å². The summed E-state index contributed by atoms with van der Waals surface area (Å²) >= 11 is 0. The molecule has 100 valence electrons. The van der Waals surface area contributed by atoms with Crippen LogP contribution in [-0.4, -0.2) is 22.1 Å². The molecule has 0 aliphatic rings. The van der Waals surface area contributed by atoms with Crippen molar-refractivity contribution in [2.75, 3.05) is 12.8 Å². The van der Waals surface area contributed by atoms with Gasteiger partial charge in [-0.15, -0.1) is 0 Å². The van der Waals surface area contributed by atoms with Crippen LogP contribution in [0.3, 0.4) is 0 Å². The Morgan fingerprint density at radius 1 is 1.21 bits per heavy atom. The van der Waals surface area contributed by atoms with Gasteiger partial charge in [0, 0.05) is 23.2 Å². The molecule has 5 nitrogen and oxygen atoms in total. The Kier molecular flexibility index (Phi) is 3.64. The first-order valence-corrected chi connectivity index (χ1v) is 6.16. The van der Waals surface area contributed by atoms with Crippen molar-refractivity contribution in [1.29, 1.82) is 0 Å². The molecule has 0 fully saturated rings. The van der Waals surface area contributed by atoms with Crippen molar-refractivity contribution in [3.8, 4) is 17.0 Å². The maximum absolute atomic E-state index is 5.96. The minimum absolute atomic E-state index is 0.222. The van der Waals surface area contributed by atoms with E-state index < -0.39 is 0 Å². The van der Waals surface area contributed by atoms with Gasteiger partial charge in [-0.05, 0) is 13.0 Å². The first-order chi connectivity index (χ1) is 9.02. The lowest BCUT2D eigenvalue weighted by molar-refractivity contribution is 0.413. The summed E-state index contributed by atoms with van der Waals surface area (Å²) < 4.78 is 5.19. The molecule has 0 amide bonds. The molecule has 2 aromatic rings. The molecule has 5 heteroatoms. The van der Waals surface area contributed by atoms with Crippen LogP contribution in [0.1, 0.15) is 31.2 Å². The summed E-state index contributed by atoms with van der Waals surface area (Å²) in [5.74, 6) is 2.16. The molecular formula is C14H18N4O. The average Bonchev–Trinajstić information content (AvgIpc) is 2.41. The van der Waals surface area contributed by atoms with Gasteiger partial charge < -0.3 is 10.5 Å². The van der Waals surface area contributed by atoms with E-state index in [9.17, 15) is 0 Å². The second-order valence-corrected chi connectivity index (χ2v) is 4.71. The summed E-state index contributed by atoms with van der Waals surface area (Å²) in [5.41, 5.74) is 8.52. The fraction of sp³-hybridized carbons (Fsp3) is 0.357. The number of nitrogen functional groups attached to an aromatic ring is 1. The summed E-state index contributed by atoms with van der Waals surface area (Å²) in [5, 5.41) is 0. The first-order valence-electron chi connectivity index (χ1n) is 6.16. The van der Waals surface area contributed by atoms with Gasteiger partial charge in [-0.2, -0.15) is 0 Å². The number of ether oxygens (including phenoxy) is 1. The largest absolute Gasteiger partial charge is 0.495 e. The lowest BCUT2D eigenvalue weighted by Gasteiger charge is -2.12. The fourth-order valence-corrected chi connectivity index (χ4v) is 1.75. The third kappa shape index (κ3) is 2.65. The van der Waals surface area contributed by atoms with Gasteiger partial charge in [-0.1, -0.05) is 13.8 Å². The monoisotopic (exact) mass is 258 g/mol. The molecule has 2 rings (SSSR count). The van der Waals surface area contributed by atoms with Crippen LogP contribution in [-0.2, 0) is 0 Å². The van der Waals surface area contributed by atoms with Crippen LogP contribution in [0.4, 0.5) is 5.82 Å². The summed E-state index contributed by atoms with van der Waals surface area (Å²) in [6, 6.07) is 1.89. The molecule has 0 saturated heterocycles. The standard InChI is InChI=1S/C14H18N4O/c1-8(2)14-17-12(9(3)13(15)18-14)10-5-11(19-4)7-16-6-10/h5-8H,1-4H3,(H2,15,17,18). The maximum Gasteiger partial charge on any atom is 0.137 e. The summed E-state index contributed by atoms with van der Waals surface area (Å²) in [6.45, 7) is 5.99. The number of pyridine rings is 1. The van der Waals surface area contributed by atoms with Crippen LogP contribution in [0.2, 0.25) is 0 Å². The van der Waals surface area contributed by atoms with E-state index >= 15 is 0 Å². The van der Waals surface area contributed by atoms with E-state index in [-0.39, 0.29) is 5.92 Å². The van der Waals surface area contributed by atoms with Gasteiger partial charge in [0.2, 0.25) is 0 Å². The van der Waals surface area contributed by atoms with Crippen LogP contribution >= 0.6 is 0 Å². The molecule has 0 aromatic carbocycles. The van der Waals surface area contributed by atoms with Crippen LogP contribution in [0.5, 0.6) is 5.75 Å². The van der Waals surface area contributed by atoms with Gasteiger partial charge in [0.05, 0.1) is 19.0 Å². The van der Waals surface area contributed by atoms with Crippen LogP contribution < -0.4 is 10.5 Å². The average molecular weight is 258 g/mol. The molecule has 0 spiro atoms. The first kappa shape index (κ1) is 13.3. The quantitative estimate of drug-likeness (QED) is 0.915. The smallest absolute Gasteiger partial charge is 0.137 e. The Morgan fingerprint density at radius 3 is 2.58 bits per heavy atom. The number of aromatic nitrogens is 3. The van der Waals surface area contributed by atoms with Gasteiger partial charge >= 0.3 is 0 Å². The number of anilines is 1. The van der Waals surface area contributed by atoms with Crippen LogP contribution in [0, 0.1) is 6.92 Å². The molecule has 19 heavy (non-hydrogen) atoms. The molecule has 0 radical (unpaired) electrons. The lowest BCUT2D eigenvalue weighted by Crippen LogP contribution is -2.06. The number of methoxy groups -OCH3 is 1. The molecule has 2 aromatic heterocycles. The summed E-state index contributed by atoms with van der Waals surface area (Å²) in [7, 11) is 1.61.